The number of thiazole rings is 1. The normalized spacial score (nSPS) is 11.6. The van der Waals surface area contributed by atoms with E-state index in [-0.39, 0.29) is 13.5 Å². The van der Waals surface area contributed by atoms with Gasteiger partial charge in [0.2, 0.25) is 0 Å². The summed E-state index contributed by atoms with van der Waals surface area (Å²) in [6.07, 6.45) is 5.47. The molecule has 0 radical (unpaired) electrons. The summed E-state index contributed by atoms with van der Waals surface area (Å²) in [6.45, 7) is 6.48. The lowest BCUT2D eigenvalue weighted by Gasteiger charge is -2.05. The maximum atomic E-state index is 9.33. The number of hydrogen-bond acceptors (Lipinski definition) is 5. The summed E-state index contributed by atoms with van der Waals surface area (Å²) in [6, 6.07) is 18.2. The van der Waals surface area contributed by atoms with Gasteiger partial charge in [-0.2, -0.15) is 0 Å². The van der Waals surface area contributed by atoms with E-state index in [2.05, 4.69) is 48.1 Å². The van der Waals surface area contributed by atoms with E-state index in [4.69, 9.17) is 5.73 Å². The van der Waals surface area contributed by atoms with Gasteiger partial charge in [0, 0.05) is 18.0 Å². The van der Waals surface area contributed by atoms with Crippen molar-refractivity contribution in [3.63, 3.8) is 0 Å². The lowest BCUT2D eigenvalue weighted by atomic mass is 10.0. The van der Waals surface area contributed by atoms with Crippen LogP contribution in [0.1, 0.15) is 64.0 Å². The zero-order valence-electron chi connectivity index (χ0n) is 18.2. The molecule has 3 aromatic rings. The van der Waals surface area contributed by atoms with E-state index >= 15 is 0 Å². The maximum absolute atomic E-state index is 9.33. The van der Waals surface area contributed by atoms with Gasteiger partial charge in [-0.1, -0.05) is 70.7 Å². The SMILES string of the molecule is C.CC(C)CCc1ccc(N=CCc2csc(N)n2)cc1.CCC(O)c1ccccc1. The molecule has 1 heterocycles. The van der Waals surface area contributed by atoms with E-state index in [1.807, 2.05) is 48.9 Å². The van der Waals surface area contributed by atoms with Crippen molar-refractivity contribution in [3.8, 4) is 0 Å². The molecule has 1 unspecified atom stereocenters. The second-order valence-electron chi connectivity index (χ2n) is 7.63. The minimum Gasteiger partial charge on any atom is -0.388 e. The molecule has 168 valence electrons. The summed E-state index contributed by atoms with van der Waals surface area (Å²) < 4.78 is 0. The Bertz CT molecular complexity index is 873. The van der Waals surface area contributed by atoms with Gasteiger partial charge in [-0.15, -0.1) is 11.3 Å². The molecule has 31 heavy (non-hydrogen) atoms. The molecular weight excluding hydrogens is 402 g/mol. The zero-order valence-corrected chi connectivity index (χ0v) is 19.0. The highest BCUT2D eigenvalue weighted by molar-refractivity contribution is 7.13. The number of anilines is 1. The molecule has 0 aliphatic rings. The van der Waals surface area contributed by atoms with Crippen molar-refractivity contribution >= 4 is 28.4 Å². The summed E-state index contributed by atoms with van der Waals surface area (Å²) in [5.74, 6) is 0.748. The first-order chi connectivity index (χ1) is 14.5. The third kappa shape index (κ3) is 10.4. The van der Waals surface area contributed by atoms with Gasteiger partial charge < -0.3 is 10.8 Å². The van der Waals surface area contributed by atoms with Crippen LogP contribution in [0.15, 0.2) is 65.0 Å². The van der Waals surface area contributed by atoms with Crippen LogP contribution in [0, 0.1) is 5.92 Å². The Morgan fingerprint density at radius 2 is 1.77 bits per heavy atom. The lowest BCUT2D eigenvalue weighted by molar-refractivity contribution is 0.173. The minimum atomic E-state index is -0.291. The molecular formula is C26H37N3OS. The van der Waals surface area contributed by atoms with Crippen molar-refractivity contribution in [2.75, 3.05) is 5.73 Å². The third-order valence-electron chi connectivity index (χ3n) is 4.63. The lowest BCUT2D eigenvalue weighted by Crippen LogP contribution is -1.93. The second-order valence-corrected chi connectivity index (χ2v) is 8.52. The number of aliphatic hydroxyl groups is 1. The molecule has 2 aromatic carbocycles. The summed E-state index contributed by atoms with van der Waals surface area (Å²) in [5, 5.41) is 11.9. The Labute approximate surface area is 191 Å². The summed E-state index contributed by atoms with van der Waals surface area (Å²) in [4.78, 5) is 8.65. The first kappa shape index (κ1) is 26.5. The number of aryl methyl sites for hydroxylation is 1. The van der Waals surface area contributed by atoms with Crippen molar-refractivity contribution in [2.24, 2.45) is 10.9 Å². The maximum Gasteiger partial charge on any atom is 0.180 e. The van der Waals surface area contributed by atoms with E-state index in [1.54, 1.807) is 0 Å². The van der Waals surface area contributed by atoms with Crippen LogP contribution < -0.4 is 5.73 Å². The number of nitrogens with zero attached hydrogens (tertiary/aromatic N) is 2. The molecule has 0 aliphatic carbocycles. The zero-order chi connectivity index (χ0) is 21.8. The monoisotopic (exact) mass is 439 g/mol. The quantitative estimate of drug-likeness (QED) is 0.370. The van der Waals surface area contributed by atoms with Crippen molar-refractivity contribution in [2.45, 2.75) is 60.0 Å². The number of rotatable bonds is 8. The van der Waals surface area contributed by atoms with Crippen LogP contribution >= 0.6 is 11.3 Å². The van der Waals surface area contributed by atoms with Gasteiger partial charge in [0.25, 0.3) is 0 Å². The van der Waals surface area contributed by atoms with Crippen LogP contribution in [0.3, 0.4) is 0 Å². The smallest absolute Gasteiger partial charge is 0.180 e. The van der Waals surface area contributed by atoms with Crippen LogP contribution in [-0.4, -0.2) is 16.3 Å². The van der Waals surface area contributed by atoms with Gasteiger partial charge in [0.1, 0.15) is 0 Å². The summed E-state index contributed by atoms with van der Waals surface area (Å²) in [5.41, 5.74) is 9.94. The molecule has 3 N–H and O–H groups in total. The molecule has 0 aliphatic heterocycles. The van der Waals surface area contributed by atoms with Crippen molar-refractivity contribution in [1.82, 2.24) is 4.98 Å². The number of nitrogens with two attached hydrogens (primary N) is 1. The number of aromatic nitrogens is 1. The standard InChI is InChI=1S/C16H21N3S.C9H12O.CH4/c1-12(2)3-4-13-5-7-14(8-6-13)18-10-9-15-11-20-16(17)19-15;1-2-9(10)8-6-4-3-5-7-8;/h5-8,10-12H,3-4,9H2,1-2H3,(H2,17,19);3-7,9-10H,2H2,1H3;1H4. The first-order valence-electron chi connectivity index (χ1n) is 10.5. The van der Waals surface area contributed by atoms with Crippen LogP contribution in [0.2, 0.25) is 0 Å². The minimum absolute atomic E-state index is 0. The van der Waals surface area contributed by atoms with E-state index in [0.717, 1.165) is 42.1 Å². The van der Waals surface area contributed by atoms with Gasteiger partial charge >= 0.3 is 0 Å². The molecule has 0 amide bonds. The van der Waals surface area contributed by atoms with E-state index < -0.39 is 0 Å². The van der Waals surface area contributed by atoms with Gasteiger partial charge in [0.05, 0.1) is 17.5 Å². The molecule has 1 aromatic heterocycles. The Morgan fingerprint density at radius 1 is 1.10 bits per heavy atom. The number of benzene rings is 2. The van der Waals surface area contributed by atoms with E-state index in [0.29, 0.717) is 5.13 Å². The Morgan fingerprint density at radius 3 is 2.32 bits per heavy atom. The molecule has 4 nitrogen and oxygen atoms in total. The predicted molar refractivity (Wildman–Crippen MR) is 136 cm³/mol. The Hall–Kier alpha value is -2.50. The number of hydrogen-bond donors (Lipinski definition) is 2. The predicted octanol–water partition coefficient (Wildman–Crippen LogP) is 7.03. The van der Waals surface area contributed by atoms with Gasteiger partial charge in [-0.05, 0) is 48.4 Å². The van der Waals surface area contributed by atoms with Crippen molar-refractivity contribution in [1.29, 1.82) is 0 Å². The van der Waals surface area contributed by atoms with Crippen LogP contribution in [0.25, 0.3) is 0 Å². The number of aliphatic hydroxyl groups excluding tert-OH is 1. The average Bonchev–Trinajstić information content (AvgIpc) is 3.18. The van der Waals surface area contributed by atoms with Gasteiger partial charge in [0.15, 0.2) is 5.13 Å². The van der Waals surface area contributed by atoms with Crippen LogP contribution in [0.4, 0.5) is 10.8 Å². The topological polar surface area (TPSA) is 71.5 Å². The first-order valence-corrected chi connectivity index (χ1v) is 11.4. The van der Waals surface area contributed by atoms with E-state index in [1.165, 1.54) is 23.3 Å². The van der Waals surface area contributed by atoms with Crippen molar-refractivity contribution in [3.05, 3.63) is 76.8 Å². The molecule has 0 saturated carbocycles. The van der Waals surface area contributed by atoms with Crippen molar-refractivity contribution < 1.29 is 5.11 Å². The summed E-state index contributed by atoms with van der Waals surface area (Å²) in [7, 11) is 0. The summed E-state index contributed by atoms with van der Waals surface area (Å²) >= 11 is 1.47. The van der Waals surface area contributed by atoms with Gasteiger partial charge in [-0.25, -0.2) is 4.98 Å². The number of nitrogen functional groups attached to an aromatic ring is 1. The molecule has 0 spiro atoms. The highest BCUT2D eigenvalue weighted by Gasteiger charge is 2.01. The fourth-order valence-electron chi connectivity index (χ4n) is 2.78. The average molecular weight is 440 g/mol. The second kappa shape index (κ2) is 14.5. The molecule has 0 saturated heterocycles. The van der Waals surface area contributed by atoms with Crippen LogP contribution in [-0.2, 0) is 12.8 Å². The third-order valence-corrected chi connectivity index (χ3v) is 5.35. The fourth-order valence-corrected chi connectivity index (χ4v) is 3.35. The fraction of sp³-hybridized carbons (Fsp3) is 0.385. The Kier molecular flexibility index (Phi) is 12.4. The molecule has 5 heteroatoms. The highest BCUT2D eigenvalue weighted by atomic mass is 32.1. The molecule has 1 atom stereocenters. The van der Waals surface area contributed by atoms with Crippen LogP contribution in [0.5, 0.6) is 0 Å². The largest absolute Gasteiger partial charge is 0.388 e. The highest BCUT2D eigenvalue weighted by Crippen LogP contribution is 2.16. The molecule has 3 rings (SSSR count). The molecule has 0 bridgehead atoms. The van der Waals surface area contributed by atoms with E-state index in [9.17, 15) is 5.11 Å². The Balaban J connectivity index is 0.000000370. The van der Waals surface area contributed by atoms with Gasteiger partial charge in [-0.3, -0.25) is 4.99 Å². The molecule has 0 fully saturated rings. The number of aliphatic imine (C=N–C) groups is 1.